The van der Waals surface area contributed by atoms with E-state index in [-0.39, 0.29) is 6.61 Å². The van der Waals surface area contributed by atoms with Gasteiger partial charge in [0.05, 0.1) is 22.1 Å². The molecule has 5 nitrogen and oxygen atoms in total. The van der Waals surface area contributed by atoms with Gasteiger partial charge in [0.2, 0.25) is 0 Å². The lowest BCUT2D eigenvalue weighted by molar-refractivity contribution is 0.289. The van der Waals surface area contributed by atoms with Crippen molar-refractivity contribution in [1.82, 2.24) is 15.3 Å². The molecule has 6 heteroatoms. The molecule has 5 aromatic rings. The van der Waals surface area contributed by atoms with Crippen molar-refractivity contribution in [1.29, 1.82) is 0 Å². The lowest BCUT2D eigenvalue weighted by atomic mass is 9.99. The molecule has 0 fully saturated rings. The Morgan fingerprint density at radius 2 is 1.40 bits per heavy atom. The van der Waals surface area contributed by atoms with Gasteiger partial charge < -0.3 is 15.7 Å². The second kappa shape index (κ2) is 7.82. The van der Waals surface area contributed by atoms with Crippen LogP contribution in [0.4, 0.5) is 5.69 Å². The first kappa shape index (κ1) is 18.7. The van der Waals surface area contributed by atoms with E-state index in [1.54, 1.807) is 0 Å². The van der Waals surface area contributed by atoms with E-state index in [0.29, 0.717) is 18.1 Å². The average molecular weight is 413 g/mol. The van der Waals surface area contributed by atoms with E-state index in [1.807, 2.05) is 30.3 Å². The van der Waals surface area contributed by atoms with Crippen LogP contribution in [0.3, 0.4) is 0 Å². The van der Waals surface area contributed by atoms with Gasteiger partial charge in [-0.1, -0.05) is 48.5 Å². The maximum atomic E-state index is 8.90. The summed E-state index contributed by atoms with van der Waals surface area (Å²) in [6.07, 6.45) is 0.651. The zero-order valence-corrected chi connectivity index (χ0v) is 17.0. The number of hydrogen-bond donors (Lipinski definition) is 3. The number of fused-ring (bicyclic) bond motifs is 7. The Bertz CT molecular complexity index is 1420. The predicted molar refractivity (Wildman–Crippen MR) is 128 cm³/mol. The number of aromatic nitrogens is 2. The van der Waals surface area contributed by atoms with Crippen molar-refractivity contribution in [2.24, 2.45) is 0 Å². The second-order valence-electron chi connectivity index (χ2n) is 7.17. The third-order valence-electron chi connectivity index (χ3n) is 5.20. The van der Waals surface area contributed by atoms with Crippen LogP contribution < -0.4 is 10.6 Å². The SMILES string of the molecule is OCCCNC(=S)Nc1ccc2nc3c4ccccc4c4ccccc4c3nc2c1. The van der Waals surface area contributed by atoms with E-state index >= 15 is 0 Å². The molecule has 0 saturated carbocycles. The largest absolute Gasteiger partial charge is 0.396 e. The smallest absolute Gasteiger partial charge is 0.170 e. The number of aliphatic hydroxyl groups is 1. The molecule has 4 aromatic carbocycles. The maximum absolute atomic E-state index is 8.90. The van der Waals surface area contributed by atoms with E-state index in [4.69, 9.17) is 27.3 Å². The van der Waals surface area contributed by atoms with Gasteiger partial charge in [0.15, 0.2) is 5.11 Å². The molecule has 3 N–H and O–H groups in total. The van der Waals surface area contributed by atoms with Crippen LogP contribution >= 0.6 is 12.2 Å². The Balaban J connectivity index is 1.65. The number of aliphatic hydroxyl groups excluding tert-OH is 1. The van der Waals surface area contributed by atoms with E-state index in [1.165, 1.54) is 10.8 Å². The molecule has 0 aliphatic rings. The van der Waals surface area contributed by atoms with Gasteiger partial charge in [0.1, 0.15) is 0 Å². The molecule has 5 rings (SSSR count). The van der Waals surface area contributed by atoms with Crippen molar-refractivity contribution >= 4 is 66.6 Å². The van der Waals surface area contributed by atoms with Crippen molar-refractivity contribution in [3.05, 3.63) is 66.7 Å². The summed E-state index contributed by atoms with van der Waals surface area (Å²) in [5.41, 5.74) is 4.32. The zero-order chi connectivity index (χ0) is 20.5. The normalized spacial score (nSPS) is 11.4. The van der Waals surface area contributed by atoms with Gasteiger partial charge >= 0.3 is 0 Å². The quantitative estimate of drug-likeness (QED) is 0.171. The highest BCUT2D eigenvalue weighted by molar-refractivity contribution is 7.80. The third-order valence-corrected chi connectivity index (χ3v) is 5.44. The molecule has 0 aliphatic carbocycles. The number of nitrogens with zero attached hydrogens (tertiary/aromatic N) is 2. The van der Waals surface area contributed by atoms with Gasteiger partial charge in [-0.05, 0) is 47.6 Å². The van der Waals surface area contributed by atoms with Crippen LogP contribution in [0.25, 0.3) is 43.6 Å². The first-order chi connectivity index (χ1) is 14.7. The van der Waals surface area contributed by atoms with Gasteiger partial charge in [-0.2, -0.15) is 0 Å². The molecule has 0 atom stereocenters. The Labute approximate surface area is 178 Å². The molecule has 148 valence electrons. The summed E-state index contributed by atoms with van der Waals surface area (Å²) in [5, 5.41) is 20.2. The topological polar surface area (TPSA) is 70.1 Å². The molecule has 0 unspecified atom stereocenters. The van der Waals surface area contributed by atoms with Crippen molar-refractivity contribution < 1.29 is 5.11 Å². The first-order valence-electron chi connectivity index (χ1n) is 9.91. The Kier molecular flexibility index (Phi) is 4.86. The van der Waals surface area contributed by atoms with E-state index in [0.717, 1.165) is 38.5 Å². The zero-order valence-electron chi connectivity index (χ0n) is 16.2. The molecule has 0 aliphatic heterocycles. The van der Waals surface area contributed by atoms with Crippen LogP contribution in [0.5, 0.6) is 0 Å². The fourth-order valence-corrected chi connectivity index (χ4v) is 4.03. The lowest BCUT2D eigenvalue weighted by Gasteiger charge is -2.12. The molecular weight excluding hydrogens is 392 g/mol. The van der Waals surface area contributed by atoms with Gasteiger partial charge in [-0.3, -0.25) is 0 Å². The molecule has 0 spiro atoms. The summed E-state index contributed by atoms with van der Waals surface area (Å²) in [6, 6.07) is 22.6. The average Bonchev–Trinajstić information content (AvgIpc) is 2.78. The fourth-order valence-electron chi connectivity index (χ4n) is 3.81. The van der Waals surface area contributed by atoms with Crippen LogP contribution in [0.2, 0.25) is 0 Å². The number of rotatable bonds is 4. The molecule has 0 radical (unpaired) electrons. The molecule has 1 heterocycles. The summed E-state index contributed by atoms with van der Waals surface area (Å²) in [4.78, 5) is 9.97. The lowest BCUT2D eigenvalue weighted by Crippen LogP contribution is -2.29. The number of nitrogens with one attached hydrogen (secondary N) is 2. The summed E-state index contributed by atoms with van der Waals surface area (Å²) in [6.45, 7) is 0.760. The van der Waals surface area contributed by atoms with Crippen LogP contribution in [-0.2, 0) is 0 Å². The van der Waals surface area contributed by atoms with Crippen LogP contribution in [0, 0.1) is 0 Å². The minimum atomic E-state index is 0.136. The summed E-state index contributed by atoms with van der Waals surface area (Å²) in [5.74, 6) is 0. The molecule has 1 aromatic heterocycles. The minimum absolute atomic E-state index is 0.136. The van der Waals surface area contributed by atoms with Gasteiger partial charge in [0, 0.05) is 29.6 Å². The summed E-state index contributed by atoms with van der Waals surface area (Å²) >= 11 is 5.33. The van der Waals surface area contributed by atoms with Crippen molar-refractivity contribution in [3.8, 4) is 0 Å². The maximum Gasteiger partial charge on any atom is 0.170 e. The minimum Gasteiger partial charge on any atom is -0.396 e. The van der Waals surface area contributed by atoms with Crippen LogP contribution in [0.1, 0.15) is 6.42 Å². The summed E-state index contributed by atoms with van der Waals surface area (Å²) in [7, 11) is 0. The molecule has 0 amide bonds. The Morgan fingerprint density at radius 1 is 0.800 bits per heavy atom. The Hall–Kier alpha value is -3.35. The van der Waals surface area contributed by atoms with Crippen molar-refractivity contribution in [3.63, 3.8) is 0 Å². The second-order valence-corrected chi connectivity index (χ2v) is 7.58. The Morgan fingerprint density at radius 3 is 2.03 bits per heavy atom. The molecule has 30 heavy (non-hydrogen) atoms. The monoisotopic (exact) mass is 412 g/mol. The number of hydrogen-bond acceptors (Lipinski definition) is 4. The molecule has 0 bridgehead atoms. The highest BCUT2D eigenvalue weighted by atomic mass is 32.1. The first-order valence-corrected chi connectivity index (χ1v) is 10.3. The van der Waals surface area contributed by atoms with Crippen molar-refractivity contribution in [2.75, 3.05) is 18.5 Å². The molecular formula is C24H20N4OS. The molecule has 0 saturated heterocycles. The number of thiocarbonyl (C=S) groups is 1. The standard InChI is InChI=1S/C24H20N4OS/c29-13-5-12-25-24(30)26-15-10-11-20-21(14-15)28-23-19-9-4-2-7-17(19)16-6-1-3-8-18(16)22(23)27-20/h1-4,6-11,14,29H,5,12-13H2,(H2,25,26,30). The third kappa shape index (κ3) is 3.30. The number of benzene rings is 4. The summed E-state index contributed by atoms with van der Waals surface area (Å²) < 4.78 is 0. The van der Waals surface area contributed by atoms with Gasteiger partial charge in [0.25, 0.3) is 0 Å². The van der Waals surface area contributed by atoms with Gasteiger partial charge in [-0.15, -0.1) is 0 Å². The number of anilines is 1. The van der Waals surface area contributed by atoms with Gasteiger partial charge in [-0.25, -0.2) is 9.97 Å². The van der Waals surface area contributed by atoms with Crippen LogP contribution in [-0.4, -0.2) is 33.3 Å². The van der Waals surface area contributed by atoms with E-state index in [9.17, 15) is 0 Å². The van der Waals surface area contributed by atoms with Crippen molar-refractivity contribution in [2.45, 2.75) is 6.42 Å². The fraction of sp³-hybridized carbons (Fsp3) is 0.125. The van der Waals surface area contributed by atoms with E-state index < -0.39 is 0 Å². The van der Waals surface area contributed by atoms with Crippen LogP contribution in [0.15, 0.2) is 66.7 Å². The highest BCUT2D eigenvalue weighted by Gasteiger charge is 2.12. The predicted octanol–water partition coefficient (Wildman–Crippen LogP) is 4.76. The highest BCUT2D eigenvalue weighted by Crippen LogP contribution is 2.34. The van der Waals surface area contributed by atoms with E-state index in [2.05, 4.69) is 47.0 Å².